The zero-order valence-corrected chi connectivity index (χ0v) is 18.2. The van der Waals surface area contributed by atoms with Gasteiger partial charge in [0.1, 0.15) is 16.4 Å². The number of carbonyl (C=O) groups excluding carboxylic acids is 1. The fourth-order valence-corrected chi connectivity index (χ4v) is 5.83. The molecule has 1 heterocycles. The van der Waals surface area contributed by atoms with Crippen molar-refractivity contribution in [3.63, 3.8) is 0 Å². The average molecular weight is 439 g/mol. The molecule has 9 heteroatoms. The van der Waals surface area contributed by atoms with Crippen LogP contribution in [0.1, 0.15) is 30.6 Å². The Labute approximate surface area is 175 Å². The normalized spacial score (nSPS) is 15.8. The highest BCUT2D eigenvalue weighted by Gasteiger charge is 2.36. The van der Waals surface area contributed by atoms with E-state index in [1.165, 1.54) is 37.3 Å². The summed E-state index contributed by atoms with van der Waals surface area (Å²) in [5.41, 5.74) is -0.0398. The molecule has 2 N–H and O–H groups in total. The standard InChI is InChI=1S/C20H26N2O5S2/c1-26-15-7-8-17(16(12-15)27-2)29(24,25)22-13-19(23)21-14-20(9-3-4-10-20)18-6-5-11-28-18/h5-8,11-12,22H,3-4,9-10,13-14H2,1-2H3,(H,21,23). The van der Waals surface area contributed by atoms with Gasteiger partial charge in [0.25, 0.3) is 0 Å². The summed E-state index contributed by atoms with van der Waals surface area (Å²) in [5, 5.41) is 4.96. The first kappa shape index (κ1) is 21.6. The van der Waals surface area contributed by atoms with Crippen LogP contribution in [0.25, 0.3) is 0 Å². The fraction of sp³-hybridized carbons (Fsp3) is 0.450. The molecule has 7 nitrogen and oxygen atoms in total. The van der Waals surface area contributed by atoms with Gasteiger partial charge in [-0.05, 0) is 36.4 Å². The molecule has 1 fully saturated rings. The van der Waals surface area contributed by atoms with Gasteiger partial charge in [-0.25, -0.2) is 13.1 Å². The van der Waals surface area contributed by atoms with Crippen molar-refractivity contribution in [2.24, 2.45) is 0 Å². The number of benzene rings is 1. The number of thiophene rings is 1. The van der Waals surface area contributed by atoms with Gasteiger partial charge >= 0.3 is 0 Å². The molecule has 0 bridgehead atoms. The van der Waals surface area contributed by atoms with Gasteiger partial charge in [-0.2, -0.15) is 0 Å². The minimum atomic E-state index is -3.91. The largest absolute Gasteiger partial charge is 0.497 e. The lowest BCUT2D eigenvalue weighted by Gasteiger charge is -2.28. The van der Waals surface area contributed by atoms with Crippen LogP contribution in [0.15, 0.2) is 40.6 Å². The Balaban J connectivity index is 1.61. The summed E-state index contributed by atoms with van der Waals surface area (Å²) in [7, 11) is -1.04. The predicted octanol–water partition coefficient (Wildman–Crippen LogP) is 2.67. The van der Waals surface area contributed by atoms with Gasteiger partial charge in [-0.3, -0.25) is 4.79 Å². The quantitative estimate of drug-likeness (QED) is 0.628. The number of hydrogen-bond acceptors (Lipinski definition) is 6. The third kappa shape index (κ3) is 4.91. The molecule has 0 radical (unpaired) electrons. The molecule has 0 unspecified atom stereocenters. The average Bonchev–Trinajstić information content (AvgIpc) is 3.43. The van der Waals surface area contributed by atoms with Crippen LogP contribution in [0.5, 0.6) is 11.5 Å². The summed E-state index contributed by atoms with van der Waals surface area (Å²) in [6, 6.07) is 8.54. The van der Waals surface area contributed by atoms with Gasteiger partial charge in [-0.1, -0.05) is 18.9 Å². The lowest BCUT2D eigenvalue weighted by Crippen LogP contribution is -2.43. The fourth-order valence-electron chi connectivity index (χ4n) is 3.71. The Morgan fingerprint density at radius 1 is 1.17 bits per heavy atom. The molecule has 0 aliphatic heterocycles. The summed E-state index contributed by atoms with van der Waals surface area (Å²) in [5.74, 6) is 0.276. The molecule has 0 atom stereocenters. The van der Waals surface area contributed by atoms with Gasteiger partial charge in [0, 0.05) is 22.9 Å². The van der Waals surface area contributed by atoms with E-state index in [1.807, 2.05) is 11.4 Å². The highest BCUT2D eigenvalue weighted by atomic mass is 32.2. The SMILES string of the molecule is COc1ccc(S(=O)(=O)NCC(=O)NCC2(c3cccs3)CCCC2)c(OC)c1. The number of nitrogens with one attached hydrogen (secondary N) is 2. The Morgan fingerprint density at radius 3 is 2.55 bits per heavy atom. The molecule has 2 aromatic rings. The van der Waals surface area contributed by atoms with E-state index < -0.39 is 10.0 Å². The van der Waals surface area contributed by atoms with Gasteiger partial charge in [-0.15, -0.1) is 11.3 Å². The number of methoxy groups -OCH3 is 2. The van der Waals surface area contributed by atoms with E-state index >= 15 is 0 Å². The number of rotatable bonds is 9. The molecule has 1 aromatic heterocycles. The van der Waals surface area contributed by atoms with Crippen molar-refractivity contribution < 1.29 is 22.7 Å². The highest BCUT2D eigenvalue weighted by molar-refractivity contribution is 7.89. The molecule has 1 aliphatic rings. The first-order valence-corrected chi connectivity index (χ1v) is 11.8. The predicted molar refractivity (Wildman–Crippen MR) is 112 cm³/mol. The van der Waals surface area contributed by atoms with Crippen LogP contribution >= 0.6 is 11.3 Å². The van der Waals surface area contributed by atoms with Crippen LogP contribution in [0, 0.1) is 0 Å². The molecule has 29 heavy (non-hydrogen) atoms. The van der Waals surface area contributed by atoms with Gasteiger partial charge < -0.3 is 14.8 Å². The van der Waals surface area contributed by atoms with E-state index in [9.17, 15) is 13.2 Å². The van der Waals surface area contributed by atoms with E-state index in [0.717, 1.165) is 25.7 Å². The third-order valence-corrected chi connectivity index (χ3v) is 7.87. The summed E-state index contributed by atoms with van der Waals surface area (Å²) in [4.78, 5) is 13.6. The Hall–Kier alpha value is -2.10. The van der Waals surface area contributed by atoms with Crippen molar-refractivity contribution in [3.05, 3.63) is 40.6 Å². The lowest BCUT2D eigenvalue weighted by molar-refractivity contribution is -0.120. The maximum absolute atomic E-state index is 12.6. The number of hydrogen-bond donors (Lipinski definition) is 2. The van der Waals surface area contributed by atoms with Crippen LogP contribution in [-0.4, -0.2) is 41.6 Å². The van der Waals surface area contributed by atoms with Crippen molar-refractivity contribution >= 4 is 27.3 Å². The van der Waals surface area contributed by atoms with Gasteiger partial charge in [0.2, 0.25) is 15.9 Å². The number of carbonyl (C=O) groups is 1. The van der Waals surface area contributed by atoms with Gasteiger partial charge in [0.05, 0.1) is 20.8 Å². The summed E-state index contributed by atoms with van der Waals surface area (Å²) >= 11 is 1.71. The summed E-state index contributed by atoms with van der Waals surface area (Å²) in [6.07, 6.45) is 4.33. The minimum Gasteiger partial charge on any atom is -0.497 e. The van der Waals surface area contributed by atoms with E-state index in [4.69, 9.17) is 9.47 Å². The second kappa shape index (κ2) is 9.15. The van der Waals surface area contributed by atoms with Crippen LogP contribution in [0.4, 0.5) is 0 Å². The molecule has 158 valence electrons. The molecule has 3 rings (SSSR count). The zero-order chi connectivity index (χ0) is 20.9. The Morgan fingerprint density at radius 2 is 1.93 bits per heavy atom. The zero-order valence-electron chi connectivity index (χ0n) is 16.6. The lowest BCUT2D eigenvalue weighted by atomic mass is 9.84. The number of sulfonamides is 1. The van der Waals surface area contributed by atoms with Crippen molar-refractivity contribution in [1.29, 1.82) is 0 Å². The highest BCUT2D eigenvalue weighted by Crippen LogP contribution is 2.42. The first-order valence-electron chi connectivity index (χ1n) is 9.42. The monoisotopic (exact) mass is 438 g/mol. The molecular formula is C20H26N2O5S2. The van der Waals surface area contributed by atoms with E-state index in [0.29, 0.717) is 12.3 Å². The van der Waals surface area contributed by atoms with E-state index in [1.54, 1.807) is 11.3 Å². The second-order valence-electron chi connectivity index (χ2n) is 7.08. The summed E-state index contributed by atoms with van der Waals surface area (Å²) in [6.45, 7) is 0.179. The van der Waals surface area contributed by atoms with Crippen LogP contribution < -0.4 is 19.5 Å². The van der Waals surface area contributed by atoms with Crippen molar-refractivity contribution in [3.8, 4) is 11.5 Å². The molecule has 1 aromatic carbocycles. The van der Waals surface area contributed by atoms with Crippen LogP contribution in [0.2, 0.25) is 0 Å². The maximum Gasteiger partial charge on any atom is 0.244 e. The molecule has 0 spiro atoms. The van der Waals surface area contributed by atoms with Crippen LogP contribution in [0.3, 0.4) is 0 Å². The smallest absolute Gasteiger partial charge is 0.244 e. The van der Waals surface area contributed by atoms with E-state index in [-0.39, 0.29) is 28.5 Å². The van der Waals surface area contributed by atoms with Crippen molar-refractivity contribution in [2.45, 2.75) is 36.0 Å². The Kier molecular flexibility index (Phi) is 6.81. The van der Waals surface area contributed by atoms with E-state index in [2.05, 4.69) is 16.1 Å². The minimum absolute atomic E-state index is 0.0398. The molecular weight excluding hydrogens is 412 g/mol. The van der Waals surface area contributed by atoms with Crippen LogP contribution in [-0.2, 0) is 20.2 Å². The number of amides is 1. The maximum atomic E-state index is 12.6. The molecule has 0 saturated heterocycles. The Bertz CT molecular complexity index is 936. The third-order valence-electron chi connectivity index (χ3n) is 5.31. The molecule has 1 amide bonds. The summed E-state index contributed by atoms with van der Waals surface area (Å²) < 4.78 is 37.8. The van der Waals surface area contributed by atoms with Crippen molar-refractivity contribution in [1.82, 2.24) is 10.0 Å². The second-order valence-corrected chi connectivity index (χ2v) is 9.77. The van der Waals surface area contributed by atoms with Gasteiger partial charge in [0.15, 0.2) is 0 Å². The first-order chi connectivity index (χ1) is 13.9. The number of ether oxygens (including phenoxy) is 2. The molecule has 1 aliphatic carbocycles. The molecule has 1 saturated carbocycles. The van der Waals surface area contributed by atoms with Crippen molar-refractivity contribution in [2.75, 3.05) is 27.3 Å². The topological polar surface area (TPSA) is 93.7 Å².